The number of rotatable bonds is 11. The highest BCUT2D eigenvalue weighted by molar-refractivity contribution is 7.88. The minimum atomic E-state index is -6.17. The third-order valence-corrected chi connectivity index (χ3v) is 8.35. The molecule has 0 radical (unpaired) electrons. The normalized spacial score (nSPS) is 12.4. The van der Waals surface area contributed by atoms with E-state index >= 15 is 0 Å². The lowest BCUT2D eigenvalue weighted by molar-refractivity contribution is -0.0501. The number of nitrogens with zero attached hydrogens (tertiary/aromatic N) is 2. The number of carbonyl (C=O) groups excluding carboxylic acids is 1. The molecule has 49 heavy (non-hydrogen) atoms. The van der Waals surface area contributed by atoms with Gasteiger partial charge in [0.15, 0.2) is 11.6 Å². The number of aryl methyl sites for hydroxylation is 1. The molecule has 260 valence electrons. The topological polar surface area (TPSA) is 106 Å². The molecule has 0 fully saturated rings. The molecule has 0 aliphatic carbocycles. The Labute approximate surface area is 280 Å². The number of benzene rings is 3. The molecule has 2 heterocycles. The highest BCUT2D eigenvalue weighted by atomic mass is 32.2. The monoisotopic (exact) mass is 702 g/mol. The lowest BCUT2D eigenvalue weighted by Crippen LogP contribution is -2.29. The molecule has 0 spiro atoms. The summed E-state index contributed by atoms with van der Waals surface area (Å²) in [6, 6.07) is 19.9. The first-order valence-electron chi connectivity index (χ1n) is 15.2. The maximum Gasteiger partial charge on any atom is 0.534 e. The Kier molecular flexibility index (Phi) is 10.2. The Morgan fingerprint density at radius 2 is 1.63 bits per heavy atom. The molecule has 0 saturated carbocycles. The lowest BCUT2D eigenvalue weighted by Gasteiger charge is -2.21. The molecular formula is C35H34F4N2O7S. The Morgan fingerprint density at radius 3 is 2.29 bits per heavy atom. The van der Waals surface area contributed by atoms with Crippen LogP contribution < -0.4 is 8.92 Å². The first-order chi connectivity index (χ1) is 23.1. The summed E-state index contributed by atoms with van der Waals surface area (Å²) in [5, 5.41) is 0.637. The van der Waals surface area contributed by atoms with Gasteiger partial charge in [-0.3, -0.25) is 0 Å². The zero-order valence-electron chi connectivity index (χ0n) is 27.1. The Hall–Kier alpha value is -4.69. The fourth-order valence-electron chi connectivity index (χ4n) is 5.37. The van der Waals surface area contributed by atoms with E-state index in [1.54, 1.807) is 45.0 Å². The maximum atomic E-state index is 14.8. The van der Waals surface area contributed by atoms with Crippen LogP contribution in [0.2, 0.25) is 0 Å². The Bertz CT molecular complexity index is 2090. The molecule has 0 N–H and O–H groups in total. The van der Waals surface area contributed by atoms with Gasteiger partial charge in [0.25, 0.3) is 0 Å². The summed E-state index contributed by atoms with van der Waals surface area (Å²) in [5.41, 5.74) is -5.07. The van der Waals surface area contributed by atoms with Crippen LogP contribution >= 0.6 is 0 Å². The second kappa shape index (κ2) is 14.0. The summed E-state index contributed by atoms with van der Waals surface area (Å²) in [7, 11) is -4.88. The number of fused-ring (bicyclic) bond motifs is 3. The van der Waals surface area contributed by atoms with Crippen LogP contribution in [0.25, 0.3) is 21.8 Å². The average Bonchev–Trinajstić information content (AvgIpc) is 3.37. The van der Waals surface area contributed by atoms with E-state index in [9.17, 15) is 30.8 Å². The van der Waals surface area contributed by atoms with E-state index < -0.39 is 39.0 Å². The molecule has 0 atom stereocenters. The number of carbonyl (C=O) groups is 1. The van der Waals surface area contributed by atoms with Gasteiger partial charge in [-0.1, -0.05) is 54.6 Å². The van der Waals surface area contributed by atoms with Crippen LogP contribution in [0.3, 0.4) is 0 Å². The second-order valence-electron chi connectivity index (χ2n) is 12.2. The molecule has 14 heteroatoms. The van der Waals surface area contributed by atoms with Crippen molar-refractivity contribution in [3.05, 3.63) is 101 Å². The molecule has 9 nitrogen and oxygen atoms in total. The van der Waals surface area contributed by atoms with Crippen molar-refractivity contribution in [1.29, 1.82) is 0 Å². The van der Waals surface area contributed by atoms with E-state index in [0.29, 0.717) is 16.5 Å². The minimum Gasteiger partial charge on any atom is -0.494 e. The molecule has 0 aliphatic rings. The van der Waals surface area contributed by atoms with Crippen LogP contribution in [0.15, 0.2) is 72.8 Å². The summed E-state index contributed by atoms with van der Waals surface area (Å²) in [6.07, 6.45) is -0.863. The number of hydrogen-bond acceptors (Lipinski definition) is 8. The van der Waals surface area contributed by atoms with E-state index in [-0.39, 0.29) is 60.4 Å². The second-order valence-corrected chi connectivity index (χ2v) is 13.7. The van der Waals surface area contributed by atoms with Crippen LogP contribution in [0.1, 0.15) is 49.6 Å². The molecule has 5 rings (SSSR count). The summed E-state index contributed by atoms with van der Waals surface area (Å²) in [4.78, 5) is 18.1. The molecule has 5 aromatic rings. The van der Waals surface area contributed by atoms with Gasteiger partial charge in [0.2, 0.25) is 5.88 Å². The van der Waals surface area contributed by atoms with Crippen molar-refractivity contribution in [3.63, 3.8) is 0 Å². The number of para-hydroxylation sites is 1. The average molecular weight is 703 g/mol. The van der Waals surface area contributed by atoms with E-state index in [1.807, 2.05) is 30.3 Å². The number of halogens is 4. The van der Waals surface area contributed by atoms with E-state index in [4.69, 9.17) is 18.4 Å². The highest BCUT2D eigenvalue weighted by Gasteiger charge is 2.49. The van der Waals surface area contributed by atoms with Crippen LogP contribution in [0, 0.1) is 5.82 Å². The number of methoxy groups -OCH3 is 1. The Balaban J connectivity index is 1.73. The van der Waals surface area contributed by atoms with Crippen molar-refractivity contribution in [2.75, 3.05) is 13.7 Å². The summed E-state index contributed by atoms with van der Waals surface area (Å²) >= 11 is 0. The number of ether oxygens (including phenoxy) is 3. The van der Waals surface area contributed by atoms with Crippen molar-refractivity contribution in [3.8, 4) is 11.6 Å². The molecular weight excluding hydrogens is 668 g/mol. The van der Waals surface area contributed by atoms with Gasteiger partial charge in [0.05, 0.1) is 30.4 Å². The molecule has 0 unspecified atom stereocenters. The number of pyridine rings is 1. The van der Waals surface area contributed by atoms with Gasteiger partial charge in [-0.05, 0) is 62.9 Å². The van der Waals surface area contributed by atoms with Crippen molar-refractivity contribution in [1.82, 2.24) is 9.55 Å². The minimum absolute atomic E-state index is 0.00862. The largest absolute Gasteiger partial charge is 0.534 e. The number of aromatic nitrogens is 2. The van der Waals surface area contributed by atoms with Crippen molar-refractivity contribution < 1.29 is 49.2 Å². The SMILES string of the molecule is COc1ccc(Cc2nc(OS(=O)(=O)C(F)(F)F)c(CCCOCc3ccccc3)c3c4ccccc4n(C(=O)OC(C)(C)C)c23)cc1F. The van der Waals surface area contributed by atoms with E-state index in [2.05, 4.69) is 4.98 Å². The molecule has 2 aromatic heterocycles. The fraction of sp³-hybridized carbons (Fsp3) is 0.314. The molecule has 0 bridgehead atoms. The third-order valence-electron chi connectivity index (χ3n) is 7.41. The van der Waals surface area contributed by atoms with Gasteiger partial charge in [-0.2, -0.15) is 21.6 Å². The predicted molar refractivity (Wildman–Crippen MR) is 175 cm³/mol. The molecule has 0 saturated heterocycles. The maximum absolute atomic E-state index is 14.8. The quantitative estimate of drug-likeness (QED) is 0.0589. The van der Waals surface area contributed by atoms with Gasteiger partial charge < -0.3 is 18.4 Å². The predicted octanol–water partition coefficient (Wildman–Crippen LogP) is 8.09. The summed E-state index contributed by atoms with van der Waals surface area (Å²) in [6.45, 7) is 5.45. The van der Waals surface area contributed by atoms with E-state index in [1.165, 1.54) is 23.8 Å². The van der Waals surface area contributed by atoms with Crippen LogP contribution in [-0.4, -0.2) is 48.9 Å². The van der Waals surface area contributed by atoms with Gasteiger partial charge in [-0.15, -0.1) is 0 Å². The summed E-state index contributed by atoms with van der Waals surface area (Å²) < 4.78 is 103. The van der Waals surface area contributed by atoms with Gasteiger partial charge in [0, 0.05) is 29.4 Å². The first kappa shape index (κ1) is 35.6. The third kappa shape index (κ3) is 7.97. The van der Waals surface area contributed by atoms with Crippen molar-refractivity contribution in [2.24, 2.45) is 0 Å². The van der Waals surface area contributed by atoms with Crippen LogP contribution in [0.5, 0.6) is 11.6 Å². The first-order valence-corrected chi connectivity index (χ1v) is 16.6. The van der Waals surface area contributed by atoms with Crippen LogP contribution in [-0.2, 0) is 39.0 Å². The van der Waals surface area contributed by atoms with Crippen molar-refractivity contribution >= 4 is 38.0 Å². The van der Waals surface area contributed by atoms with Crippen molar-refractivity contribution in [2.45, 2.75) is 57.7 Å². The standard InChI is InChI=1S/C35H34F4N2O7S/c1-34(2,3)47-33(42)41-28-15-9-8-13-24(28)30-25(14-10-18-46-21-22-11-6-5-7-12-22)32(48-49(43,44)35(37,38)39)40-27(31(30)41)20-23-16-17-29(45-4)26(36)19-23/h5-9,11-13,15-17,19H,10,14,18,20-21H2,1-4H3. The zero-order valence-corrected chi connectivity index (χ0v) is 28.0. The van der Waals surface area contributed by atoms with E-state index in [0.717, 1.165) is 11.6 Å². The van der Waals surface area contributed by atoms with Gasteiger partial charge in [0.1, 0.15) is 5.60 Å². The highest BCUT2D eigenvalue weighted by Crippen LogP contribution is 2.40. The zero-order chi connectivity index (χ0) is 35.6. The van der Waals surface area contributed by atoms with Gasteiger partial charge in [-0.25, -0.2) is 18.7 Å². The molecule has 0 aliphatic heterocycles. The van der Waals surface area contributed by atoms with Crippen LogP contribution in [0.4, 0.5) is 22.4 Å². The molecule has 0 amide bonds. The lowest BCUT2D eigenvalue weighted by atomic mass is 10.0. The number of alkyl halides is 3. The smallest absolute Gasteiger partial charge is 0.494 e. The van der Waals surface area contributed by atoms with Gasteiger partial charge >= 0.3 is 21.7 Å². The fourth-order valence-corrected chi connectivity index (χ4v) is 5.81. The Morgan fingerprint density at radius 1 is 0.939 bits per heavy atom. The summed E-state index contributed by atoms with van der Waals surface area (Å²) in [5.74, 6) is -1.58. The molecule has 3 aromatic carbocycles. The number of hydrogen-bond donors (Lipinski definition) is 0.